The zero-order chi connectivity index (χ0) is 15.2. The lowest BCUT2D eigenvalue weighted by molar-refractivity contribution is -0.119. The van der Waals surface area contributed by atoms with Gasteiger partial charge < -0.3 is 14.8 Å². The van der Waals surface area contributed by atoms with E-state index in [0.29, 0.717) is 16.3 Å². The first-order chi connectivity index (χ1) is 10.1. The number of anilines is 1. The molecule has 6 heteroatoms. The van der Waals surface area contributed by atoms with Gasteiger partial charge in [-0.2, -0.15) is 0 Å². The van der Waals surface area contributed by atoms with Crippen LogP contribution in [0.25, 0.3) is 0 Å². The average molecular weight is 305 g/mol. The quantitative estimate of drug-likeness (QED) is 0.863. The normalized spacial score (nSPS) is 10.0. The number of methoxy groups -OCH3 is 1. The van der Waals surface area contributed by atoms with Crippen molar-refractivity contribution in [3.63, 3.8) is 0 Å². The van der Waals surface area contributed by atoms with E-state index in [1.165, 1.54) is 11.3 Å². The Morgan fingerprint density at radius 3 is 2.48 bits per heavy atom. The third kappa shape index (κ3) is 4.06. The molecule has 0 saturated carbocycles. The van der Waals surface area contributed by atoms with Crippen LogP contribution in [0.15, 0.2) is 35.7 Å². The van der Waals surface area contributed by atoms with Crippen molar-refractivity contribution in [2.45, 2.75) is 6.92 Å². The summed E-state index contributed by atoms with van der Waals surface area (Å²) in [6, 6.07) is 8.72. The zero-order valence-electron chi connectivity index (χ0n) is 11.7. The number of aryl methyl sites for hydroxylation is 1. The Morgan fingerprint density at radius 2 is 1.90 bits per heavy atom. The lowest BCUT2D eigenvalue weighted by Crippen LogP contribution is -2.20. The molecule has 1 aromatic carbocycles. The van der Waals surface area contributed by atoms with E-state index >= 15 is 0 Å². The maximum Gasteiger partial charge on any atom is 0.349 e. The number of hydrogen-bond donors (Lipinski definition) is 1. The van der Waals surface area contributed by atoms with Gasteiger partial charge in [0.05, 0.1) is 7.11 Å². The van der Waals surface area contributed by atoms with Crippen molar-refractivity contribution in [1.82, 2.24) is 0 Å². The highest BCUT2D eigenvalue weighted by Gasteiger charge is 2.13. The fraction of sp³-hybridized carbons (Fsp3) is 0.200. The largest absolute Gasteiger partial charge is 0.497 e. The van der Waals surface area contributed by atoms with Gasteiger partial charge in [-0.25, -0.2) is 4.79 Å². The fourth-order valence-corrected chi connectivity index (χ4v) is 2.47. The van der Waals surface area contributed by atoms with Crippen LogP contribution in [0.5, 0.6) is 5.75 Å². The highest BCUT2D eigenvalue weighted by molar-refractivity contribution is 7.12. The van der Waals surface area contributed by atoms with Gasteiger partial charge in [-0.3, -0.25) is 4.79 Å². The van der Waals surface area contributed by atoms with Crippen molar-refractivity contribution in [3.8, 4) is 5.75 Å². The molecule has 0 fully saturated rings. The number of benzene rings is 1. The Bertz CT molecular complexity index is 633. The van der Waals surface area contributed by atoms with Gasteiger partial charge in [-0.1, -0.05) is 0 Å². The lowest BCUT2D eigenvalue weighted by atomic mass is 10.3. The van der Waals surface area contributed by atoms with Gasteiger partial charge in [-0.05, 0) is 48.2 Å². The zero-order valence-corrected chi connectivity index (χ0v) is 12.5. The second kappa shape index (κ2) is 6.90. The number of nitrogens with one attached hydrogen (secondary N) is 1. The highest BCUT2D eigenvalue weighted by atomic mass is 32.1. The molecule has 1 aromatic heterocycles. The summed E-state index contributed by atoms with van der Waals surface area (Å²) in [6.45, 7) is 1.51. The predicted octanol–water partition coefficient (Wildman–Crippen LogP) is 2.86. The van der Waals surface area contributed by atoms with Crippen LogP contribution in [0.1, 0.15) is 15.2 Å². The van der Waals surface area contributed by atoms with Crippen molar-refractivity contribution >= 4 is 28.9 Å². The molecule has 21 heavy (non-hydrogen) atoms. The van der Waals surface area contributed by atoms with E-state index in [2.05, 4.69) is 5.32 Å². The second-order valence-corrected chi connectivity index (χ2v) is 5.20. The molecule has 0 saturated heterocycles. The van der Waals surface area contributed by atoms with Gasteiger partial charge >= 0.3 is 5.97 Å². The summed E-state index contributed by atoms with van der Waals surface area (Å²) in [4.78, 5) is 24.0. The molecule has 0 spiro atoms. The lowest BCUT2D eigenvalue weighted by Gasteiger charge is -2.07. The van der Waals surface area contributed by atoms with Crippen molar-refractivity contribution in [2.24, 2.45) is 0 Å². The maximum absolute atomic E-state index is 11.8. The Labute approximate surface area is 126 Å². The van der Waals surface area contributed by atoms with Gasteiger partial charge in [-0.15, -0.1) is 11.3 Å². The number of thiophene rings is 1. The topological polar surface area (TPSA) is 64.6 Å². The Balaban J connectivity index is 1.84. The molecule has 5 nitrogen and oxygen atoms in total. The summed E-state index contributed by atoms with van der Waals surface area (Å²) in [5.74, 6) is -0.164. The number of carbonyl (C=O) groups is 2. The van der Waals surface area contributed by atoms with E-state index in [0.717, 1.165) is 5.56 Å². The van der Waals surface area contributed by atoms with Crippen LogP contribution in [0, 0.1) is 6.92 Å². The Hall–Kier alpha value is -2.34. The van der Waals surface area contributed by atoms with Crippen LogP contribution in [0.3, 0.4) is 0 Å². The van der Waals surface area contributed by atoms with Gasteiger partial charge in [0.2, 0.25) is 0 Å². The van der Waals surface area contributed by atoms with E-state index in [4.69, 9.17) is 9.47 Å². The number of ether oxygens (including phenoxy) is 2. The summed E-state index contributed by atoms with van der Waals surface area (Å²) in [5.41, 5.74) is 1.46. The molecule has 2 rings (SSSR count). The van der Waals surface area contributed by atoms with Crippen molar-refractivity contribution in [1.29, 1.82) is 0 Å². The molecule has 110 valence electrons. The molecule has 0 aliphatic carbocycles. The van der Waals surface area contributed by atoms with Crippen LogP contribution in [0.4, 0.5) is 5.69 Å². The molecule has 1 heterocycles. The molecule has 1 N–H and O–H groups in total. The third-order valence-electron chi connectivity index (χ3n) is 2.76. The first kappa shape index (κ1) is 15.1. The smallest absolute Gasteiger partial charge is 0.349 e. The van der Waals surface area contributed by atoms with E-state index in [1.54, 1.807) is 31.4 Å². The minimum Gasteiger partial charge on any atom is -0.497 e. The van der Waals surface area contributed by atoms with E-state index < -0.39 is 5.97 Å². The number of carbonyl (C=O) groups excluding carboxylic acids is 2. The SMILES string of the molecule is COc1ccc(NC(=O)COC(=O)c2sccc2C)cc1. The highest BCUT2D eigenvalue weighted by Crippen LogP contribution is 2.17. The number of esters is 1. The molecule has 0 aliphatic rings. The summed E-state index contributed by atoms with van der Waals surface area (Å²) in [6.07, 6.45) is 0. The van der Waals surface area contributed by atoms with Gasteiger partial charge in [0.15, 0.2) is 6.61 Å². The summed E-state index contributed by atoms with van der Waals surface area (Å²) in [5, 5.41) is 4.45. The summed E-state index contributed by atoms with van der Waals surface area (Å²) in [7, 11) is 1.57. The molecular weight excluding hydrogens is 290 g/mol. The van der Waals surface area contributed by atoms with Crippen molar-refractivity contribution in [2.75, 3.05) is 19.0 Å². The van der Waals surface area contributed by atoms with Crippen LogP contribution in [-0.4, -0.2) is 25.6 Å². The van der Waals surface area contributed by atoms with Crippen molar-refractivity contribution < 1.29 is 19.1 Å². The predicted molar refractivity (Wildman–Crippen MR) is 81.0 cm³/mol. The first-order valence-corrected chi connectivity index (χ1v) is 7.13. The van der Waals surface area contributed by atoms with Crippen LogP contribution in [-0.2, 0) is 9.53 Å². The molecule has 0 aliphatic heterocycles. The summed E-state index contributed by atoms with van der Waals surface area (Å²) < 4.78 is 10.0. The van der Waals surface area contributed by atoms with Gasteiger partial charge in [0.25, 0.3) is 5.91 Å². The third-order valence-corrected chi connectivity index (χ3v) is 3.75. The molecule has 0 atom stereocenters. The molecule has 1 amide bonds. The molecule has 0 unspecified atom stereocenters. The van der Waals surface area contributed by atoms with E-state index in [1.807, 2.05) is 18.4 Å². The standard InChI is InChI=1S/C15H15NO4S/c1-10-7-8-21-14(10)15(18)20-9-13(17)16-11-3-5-12(19-2)6-4-11/h3-8H,9H2,1-2H3,(H,16,17). The minimum atomic E-state index is -0.479. The van der Waals surface area contributed by atoms with Crippen LogP contribution >= 0.6 is 11.3 Å². The second-order valence-electron chi connectivity index (χ2n) is 4.29. The first-order valence-electron chi connectivity index (χ1n) is 6.25. The number of rotatable bonds is 5. The molecular formula is C15H15NO4S. The molecule has 0 radical (unpaired) electrons. The molecule has 0 bridgehead atoms. The van der Waals surface area contributed by atoms with Crippen LogP contribution < -0.4 is 10.1 Å². The Morgan fingerprint density at radius 1 is 1.19 bits per heavy atom. The monoisotopic (exact) mass is 305 g/mol. The average Bonchev–Trinajstić information content (AvgIpc) is 2.92. The molecule has 2 aromatic rings. The van der Waals surface area contributed by atoms with Gasteiger partial charge in [0.1, 0.15) is 10.6 Å². The minimum absolute atomic E-state index is 0.317. The van der Waals surface area contributed by atoms with Crippen molar-refractivity contribution in [3.05, 3.63) is 46.2 Å². The Kier molecular flexibility index (Phi) is 4.94. The van der Waals surface area contributed by atoms with E-state index in [9.17, 15) is 9.59 Å². The van der Waals surface area contributed by atoms with E-state index in [-0.39, 0.29) is 12.5 Å². The summed E-state index contributed by atoms with van der Waals surface area (Å²) >= 11 is 1.30. The van der Waals surface area contributed by atoms with Crippen LogP contribution in [0.2, 0.25) is 0 Å². The number of hydrogen-bond acceptors (Lipinski definition) is 5. The maximum atomic E-state index is 11.8. The van der Waals surface area contributed by atoms with Gasteiger partial charge in [0, 0.05) is 5.69 Å². The number of amides is 1. The fourth-order valence-electron chi connectivity index (χ4n) is 1.65.